The molecule has 0 N–H and O–H groups in total. The zero-order chi connectivity index (χ0) is 22.5. The third kappa shape index (κ3) is 4.60. The summed E-state index contributed by atoms with van der Waals surface area (Å²) in [5.41, 5.74) is 5.63. The molecule has 0 saturated carbocycles. The molecule has 32 heavy (non-hydrogen) atoms. The number of ether oxygens (including phenoxy) is 1. The molecule has 2 aromatic carbocycles. The fourth-order valence-corrected chi connectivity index (χ4v) is 3.34. The van der Waals surface area contributed by atoms with Gasteiger partial charge in [-0.1, -0.05) is 24.0 Å². The normalized spacial score (nSPS) is 10.3. The number of nitrogens with zero attached hydrogens (tertiary/aromatic N) is 3. The van der Waals surface area contributed by atoms with Gasteiger partial charge in [0.15, 0.2) is 0 Å². The summed E-state index contributed by atoms with van der Waals surface area (Å²) in [5.74, 6) is 5.90. The van der Waals surface area contributed by atoms with Crippen molar-refractivity contribution in [1.82, 2.24) is 9.97 Å². The molecule has 4 aromatic rings. The molecule has 0 aliphatic rings. The van der Waals surface area contributed by atoms with E-state index in [9.17, 15) is 4.79 Å². The number of rotatable bonds is 4. The van der Waals surface area contributed by atoms with Crippen LogP contribution in [0.15, 0.2) is 73.1 Å². The standard InChI is InChI=1S/C27H23N3O2/c1-4-32-27(31)24-18-26(21-8-10-22(11-9-21)30(2)3)29-25-12-7-20(17-23(24)25)6-5-19-13-15-28-16-14-19/h7-18H,4H2,1-3H3. The Morgan fingerprint density at radius 3 is 2.34 bits per heavy atom. The summed E-state index contributed by atoms with van der Waals surface area (Å²) in [7, 11) is 3.99. The number of pyridine rings is 2. The SMILES string of the molecule is CCOC(=O)c1cc(-c2ccc(N(C)C)cc2)nc2ccc(C#Cc3ccncc3)cc12. The Morgan fingerprint density at radius 1 is 0.938 bits per heavy atom. The third-order valence-corrected chi connectivity index (χ3v) is 5.01. The minimum atomic E-state index is -0.370. The van der Waals surface area contributed by atoms with Gasteiger partial charge in [-0.05, 0) is 55.5 Å². The van der Waals surface area contributed by atoms with E-state index in [0.29, 0.717) is 12.2 Å². The Balaban J connectivity index is 1.80. The van der Waals surface area contributed by atoms with E-state index in [1.54, 1.807) is 25.4 Å². The molecule has 2 aromatic heterocycles. The van der Waals surface area contributed by atoms with Crippen LogP contribution in [0.5, 0.6) is 0 Å². The highest BCUT2D eigenvalue weighted by Gasteiger charge is 2.15. The van der Waals surface area contributed by atoms with Crippen molar-refractivity contribution in [2.45, 2.75) is 6.92 Å². The molecule has 0 aliphatic heterocycles. The molecule has 0 fully saturated rings. The van der Waals surface area contributed by atoms with Crippen LogP contribution in [0.25, 0.3) is 22.2 Å². The second-order valence-electron chi connectivity index (χ2n) is 7.43. The lowest BCUT2D eigenvalue weighted by Crippen LogP contribution is -2.08. The van der Waals surface area contributed by atoms with Crippen LogP contribution in [0.4, 0.5) is 5.69 Å². The van der Waals surface area contributed by atoms with Gasteiger partial charge in [-0.25, -0.2) is 9.78 Å². The summed E-state index contributed by atoms with van der Waals surface area (Å²) in [6.45, 7) is 2.10. The van der Waals surface area contributed by atoms with Crippen molar-refractivity contribution in [1.29, 1.82) is 0 Å². The number of anilines is 1. The molecule has 0 amide bonds. The van der Waals surface area contributed by atoms with Gasteiger partial charge in [0.1, 0.15) is 0 Å². The van der Waals surface area contributed by atoms with Gasteiger partial charge in [-0.3, -0.25) is 4.98 Å². The van der Waals surface area contributed by atoms with Gasteiger partial charge in [-0.15, -0.1) is 0 Å². The molecule has 0 atom stereocenters. The Morgan fingerprint density at radius 2 is 1.66 bits per heavy atom. The molecule has 158 valence electrons. The Labute approximate surface area is 187 Å². The molecule has 2 heterocycles. The second-order valence-corrected chi connectivity index (χ2v) is 7.43. The van der Waals surface area contributed by atoms with E-state index in [2.05, 4.69) is 16.8 Å². The van der Waals surface area contributed by atoms with Crippen LogP contribution in [-0.4, -0.2) is 36.6 Å². The first-order valence-corrected chi connectivity index (χ1v) is 10.4. The molecular formula is C27H23N3O2. The topological polar surface area (TPSA) is 55.3 Å². The van der Waals surface area contributed by atoms with E-state index in [1.165, 1.54) is 0 Å². The van der Waals surface area contributed by atoms with Crippen LogP contribution in [0, 0.1) is 11.8 Å². The maximum atomic E-state index is 12.8. The largest absolute Gasteiger partial charge is 0.462 e. The van der Waals surface area contributed by atoms with Crippen LogP contribution >= 0.6 is 0 Å². The molecule has 0 saturated heterocycles. The Kier molecular flexibility index (Phi) is 6.14. The molecule has 4 rings (SSSR count). The molecule has 0 spiro atoms. The summed E-state index contributed by atoms with van der Waals surface area (Å²) in [5, 5.41) is 0.721. The van der Waals surface area contributed by atoms with E-state index in [-0.39, 0.29) is 5.97 Å². The summed E-state index contributed by atoms with van der Waals surface area (Å²) in [6.07, 6.45) is 3.42. The molecule has 5 nitrogen and oxygen atoms in total. The van der Waals surface area contributed by atoms with Crippen molar-refractivity contribution >= 4 is 22.6 Å². The summed E-state index contributed by atoms with van der Waals surface area (Å²) in [6, 6.07) is 19.3. The minimum absolute atomic E-state index is 0.303. The highest BCUT2D eigenvalue weighted by Crippen LogP contribution is 2.27. The lowest BCUT2D eigenvalue weighted by atomic mass is 10.0. The Hall–Kier alpha value is -4.17. The van der Waals surface area contributed by atoms with Gasteiger partial charge in [-0.2, -0.15) is 0 Å². The lowest BCUT2D eigenvalue weighted by Gasteiger charge is -2.13. The predicted octanol–water partition coefficient (Wildman–Crippen LogP) is 4.94. The fourth-order valence-electron chi connectivity index (χ4n) is 3.34. The highest BCUT2D eigenvalue weighted by atomic mass is 16.5. The molecule has 0 aliphatic carbocycles. The quantitative estimate of drug-likeness (QED) is 0.345. The first-order chi connectivity index (χ1) is 15.5. The van der Waals surface area contributed by atoms with Gasteiger partial charge in [0.25, 0.3) is 0 Å². The monoisotopic (exact) mass is 421 g/mol. The van der Waals surface area contributed by atoms with Crippen LogP contribution in [0.3, 0.4) is 0 Å². The van der Waals surface area contributed by atoms with Crippen molar-refractivity contribution in [3.63, 3.8) is 0 Å². The number of carbonyl (C=O) groups excluding carboxylic acids is 1. The number of benzene rings is 2. The highest BCUT2D eigenvalue weighted by molar-refractivity contribution is 6.05. The second kappa shape index (κ2) is 9.32. The first-order valence-electron chi connectivity index (χ1n) is 10.4. The summed E-state index contributed by atoms with van der Waals surface area (Å²) in [4.78, 5) is 23.6. The van der Waals surface area contributed by atoms with E-state index in [4.69, 9.17) is 9.72 Å². The van der Waals surface area contributed by atoms with Gasteiger partial charge >= 0.3 is 5.97 Å². The van der Waals surface area contributed by atoms with E-state index in [1.807, 2.05) is 73.6 Å². The molecular weight excluding hydrogens is 398 g/mol. The van der Waals surface area contributed by atoms with Crippen LogP contribution in [0.1, 0.15) is 28.4 Å². The van der Waals surface area contributed by atoms with Gasteiger partial charge in [0.05, 0.1) is 23.4 Å². The minimum Gasteiger partial charge on any atom is -0.462 e. The van der Waals surface area contributed by atoms with Crippen molar-refractivity contribution < 1.29 is 9.53 Å². The van der Waals surface area contributed by atoms with Crippen LogP contribution in [-0.2, 0) is 4.74 Å². The molecule has 5 heteroatoms. The number of carbonyl (C=O) groups is 1. The van der Waals surface area contributed by atoms with Crippen molar-refractivity contribution in [3.8, 4) is 23.1 Å². The summed E-state index contributed by atoms with van der Waals surface area (Å²) >= 11 is 0. The molecule has 0 unspecified atom stereocenters. The van der Waals surface area contributed by atoms with Crippen molar-refractivity contribution in [3.05, 3.63) is 89.7 Å². The first kappa shape index (κ1) is 21.1. The molecule has 0 bridgehead atoms. The smallest absolute Gasteiger partial charge is 0.338 e. The summed E-state index contributed by atoms with van der Waals surface area (Å²) < 4.78 is 5.33. The zero-order valence-corrected chi connectivity index (χ0v) is 18.3. The lowest BCUT2D eigenvalue weighted by molar-refractivity contribution is 0.0528. The average molecular weight is 422 g/mol. The maximum absolute atomic E-state index is 12.8. The number of fused-ring (bicyclic) bond motifs is 1. The van der Waals surface area contributed by atoms with E-state index < -0.39 is 0 Å². The maximum Gasteiger partial charge on any atom is 0.338 e. The van der Waals surface area contributed by atoms with Gasteiger partial charge in [0.2, 0.25) is 0 Å². The van der Waals surface area contributed by atoms with Crippen molar-refractivity contribution in [2.75, 3.05) is 25.6 Å². The van der Waals surface area contributed by atoms with Crippen molar-refractivity contribution in [2.24, 2.45) is 0 Å². The van der Waals surface area contributed by atoms with Crippen LogP contribution < -0.4 is 4.90 Å². The number of aromatic nitrogens is 2. The van der Waals surface area contributed by atoms with E-state index >= 15 is 0 Å². The number of hydrogen-bond acceptors (Lipinski definition) is 5. The van der Waals surface area contributed by atoms with Gasteiger partial charge < -0.3 is 9.64 Å². The number of hydrogen-bond donors (Lipinski definition) is 0. The van der Waals surface area contributed by atoms with E-state index in [0.717, 1.165) is 39.0 Å². The third-order valence-electron chi connectivity index (χ3n) is 5.01. The molecule has 0 radical (unpaired) electrons. The number of esters is 1. The fraction of sp³-hybridized carbons (Fsp3) is 0.148. The Bertz CT molecular complexity index is 1320. The van der Waals surface area contributed by atoms with Crippen LogP contribution in [0.2, 0.25) is 0 Å². The average Bonchev–Trinajstić information content (AvgIpc) is 2.82. The van der Waals surface area contributed by atoms with Gasteiger partial charge in [0, 0.05) is 54.3 Å². The zero-order valence-electron chi connectivity index (χ0n) is 18.3. The predicted molar refractivity (Wildman–Crippen MR) is 128 cm³/mol.